The number of benzene rings is 2. The average Bonchev–Trinajstić information content (AvgIpc) is 2.72. The molecule has 11 heteroatoms. The molecule has 2 N–H and O–H groups in total. The molecule has 0 aliphatic rings. The Kier molecular flexibility index (Phi) is 7.14. The highest BCUT2D eigenvalue weighted by Gasteiger charge is 2.12. The van der Waals surface area contributed by atoms with Crippen LogP contribution in [0.3, 0.4) is 0 Å². The van der Waals surface area contributed by atoms with E-state index in [1.54, 1.807) is 12.1 Å². The average molecular weight is 477 g/mol. The Hall–Kier alpha value is -2.39. The second kappa shape index (κ2) is 9.61. The van der Waals surface area contributed by atoms with Crippen LogP contribution in [-0.4, -0.2) is 34.1 Å². The van der Waals surface area contributed by atoms with E-state index in [2.05, 4.69) is 10.4 Å². The van der Waals surface area contributed by atoms with Crippen molar-refractivity contribution in [1.29, 1.82) is 0 Å². The van der Waals surface area contributed by atoms with Gasteiger partial charge in [0.15, 0.2) is 11.6 Å². The number of rotatable bonds is 7. The summed E-state index contributed by atoms with van der Waals surface area (Å²) < 4.78 is 32.3. The summed E-state index contributed by atoms with van der Waals surface area (Å²) >= 11 is 17.9. The fraction of sp³-hybridized carbons (Fsp3) is 0.158. The maximum atomic E-state index is 13.2. The molecule has 1 heterocycles. The Bertz CT molecular complexity index is 1130. The lowest BCUT2D eigenvalue weighted by Crippen LogP contribution is -2.26. The Morgan fingerprint density at radius 3 is 2.57 bits per heavy atom. The zero-order valence-corrected chi connectivity index (χ0v) is 17.3. The number of nitrogens with one attached hydrogen (secondary N) is 1. The van der Waals surface area contributed by atoms with Gasteiger partial charge in [0.05, 0.1) is 27.6 Å². The zero-order chi connectivity index (χ0) is 21.8. The van der Waals surface area contributed by atoms with Crippen LogP contribution < -0.4 is 15.6 Å². The Labute approximate surface area is 184 Å². The minimum Gasteiger partial charge on any atom is -0.491 e. The monoisotopic (exact) mass is 475 g/mol. The van der Waals surface area contributed by atoms with Gasteiger partial charge in [0.1, 0.15) is 23.5 Å². The van der Waals surface area contributed by atoms with Crippen LogP contribution in [0.5, 0.6) is 5.75 Å². The van der Waals surface area contributed by atoms with Gasteiger partial charge in [-0.25, -0.2) is 8.78 Å². The molecule has 2 aromatic carbocycles. The van der Waals surface area contributed by atoms with Gasteiger partial charge in [0.2, 0.25) is 0 Å². The van der Waals surface area contributed by atoms with Crippen molar-refractivity contribution in [3.63, 3.8) is 0 Å². The van der Waals surface area contributed by atoms with Crippen molar-refractivity contribution in [2.75, 3.05) is 18.5 Å². The Morgan fingerprint density at radius 1 is 1.10 bits per heavy atom. The van der Waals surface area contributed by atoms with Crippen LogP contribution in [0.4, 0.5) is 14.5 Å². The van der Waals surface area contributed by atoms with E-state index in [0.29, 0.717) is 11.4 Å². The second-order valence-electron chi connectivity index (χ2n) is 6.11. The van der Waals surface area contributed by atoms with E-state index in [1.807, 2.05) is 0 Å². The van der Waals surface area contributed by atoms with Crippen molar-refractivity contribution in [3.05, 3.63) is 79.7 Å². The second-order valence-corrected chi connectivity index (χ2v) is 7.30. The van der Waals surface area contributed by atoms with Crippen LogP contribution in [0, 0.1) is 11.6 Å². The van der Waals surface area contributed by atoms with Crippen LogP contribution in [-0.2, 0) is 0 Å². The fourth-order valence-corrected chi connectivity index (χ4v) is 2.92. The Balaban J connectivity index is 1.61. The third-order valence-electron chi connectivity index (χ3n) is 3.94. The van der Waals surface area contributed by atoms with Crippen molar-refractivity contribution in [3.8, 4) is 11.4 Å². The number of aliphatic hydroxyl groups excluding tert-OH is 1. The molecular formula is C19H14Cl3F2N3O3. The molecule has 0 aliphatic heterocycles. The van der Waals surface area contributed by atoms with Gasteiger partial charge in [0.25, 0.3) is 5.56 Å². The maximum Gasteiger partial charge on any atom is 0.291 e. The molecule has 0 radical (unpaired) electrons. The first-order chi connectivity index (χ1) is 14.3. The van der Waals surface area contributed by atoms with E-state index in [0.717, 1.165) is 16.8 Å². The molecule has 1 unspecified atom stereocenters. The molecule has 1 atom stereocenters. The first kappa shape index (κ1) is 22.3. The van der Waals surface area contributed by atoms with Gasteiger partial charge in [-0.1, -0.05) is 34.8 Å². The molecule has 3 rings (SSSR count). The largest absolute Gasteiger partial charge is 0.491 e. The number of aliphatic hydroxyl groups is 1. The molecule has 30 heavy (non-hydrogen) atoms. The maximum absolute atomic E-state index is 13.2. The number of aromatic nitrogens is 2. The minimum absolute atomic E-state index is 0.0434. The summed E-state index contributed by atoms with van der Waals surface area (Å²) in [7, 11) is 0. The summed E-state index contributed by atoms with van der Waals surface area (Å²) in [6.45, 7) is -0.0932. The molecule has 0 fully saturated rings. The van der Waals surface area contributed by atoms with Crippen molar-refractivity contribution in [2.45, 2.75) is 6.10 Å². The molecule has 0 bridgehead atoms. The van der Waals surface area contributed by atoms with Crippen molar-refractivity contribution in [2.24, 2.45) is 0 Å². The first-order valence-corrected chi connectivity index (χ1v) is 9.62. The Morgan fingerprint density at radius 2 is 1.87 bits per heavy atom. The molecule has 0 saturated carbocycles. The van der Waals surface area contributed by atoms with E-state index in [-0.39, 0.29) is 34.0 Å². The lowest BCUT2D eigenvalue weighted by atomic mass is 10.2. The number of anilines is 1. The predicted molar refractivity (Wildman–Crippen MR) is 111 cm³/mol. The van der Waals surface area contributed by atoms with E-state index >= 15 is 0 Å². The standard InChI is InChI=1S/C19H14Cl3F2N3O3/c20-13-5-10(27-19(29)18(22)14(21)8-26-27)1-4-17(13)25-7-11(28)9-30-12-2-3-15(23)16(24)6-12/h1-6,8,11,25,28H,7,9H2. The van der Waals surface area contributed by atoms with E-state index in [1.165, 1.54) is 18.3 Å². The van der Waals surface area contributed by atoms with Gasteiger partial charge in [-0.15, -0.1) is 0 Å². The quantitative estimate of drug-likeness (QED) is 0.531. The normalized spacial score (nSPS) is 11.9. The molecule has 158 valence electrons. The molecule has 3 aromatic rings. The van der Waals surface area contributed by atoms with Crippen LogP contribution in [0.25, 0.3) is 5.69 Å². The molecule has 0 amide bonds. The van der Waals surface area contributed by atoms with Crippen molar-refractivity contribution < 1.29 is 18.6 Å². The van der Waals surface area contributed by atoms with E-state index < -0.39 is 23.3 Å². The number of hydrogen-bond donors (Lipinski definition) is 2. The zero-order valence-electron chi connectivity index (χ0n) is 15.1. The van der Waals surface area contributed by atoms with Gasteiger partial charge in [-0.3, -0.25) is 4.79 Å². The van der Waals surface area contributed by atoms with Crippen LogP contribution in [0.15, 0.2) is 47.4 Å². The third kappa shape index (κ3) is 5.20. The summed E-state index contributed by atoms with van der Waals surface area (Å²) in [5.41, 5.74) is 0.266. The van der Waals surface area contributed by atoms with Gasteiger partial charge < -0.3 is 15.2 Å². The highest BCUT2D eigenvalue weighted by atomic mass is 35.5. The van der Waals surface area contributed by atoms with E-state index in [9.17, 15) is 18.7 Å². The summed E-state index contributed by atoms with van der Waals surface area (Å²) in [5, 5.41) is 17.0. The molecule has 1 aromatic heterocycles. The topological polar surface area (TPSA) is 76.4 Å². The van der Waals surface area contributed by atoms with Crippen molar-refractivity contribution in [1.82, 2.24) is 9.78 Å². The highest BCUT2D eigenvalue weighted by Crippen LogP contribution is 2.25. The highest BCUT2D eigenvalue weighted by molar-refractivity contribution is 6.41. The van der Waals surface area contributed by atoms with Crippen LogP contribution in [0.1, 0.15) is 0 Å². The smallest absolute Gasteiger partial charge is 0.291 e. The third-order valence-corrected chi connectivity index (χ3v) is 5.00. The fourth-order valence-electron chi connectivity index (χ4n) is 2.42. The van der Waals surface area contributed by atoms with Gasteiger partial charge in [0, 0.05) is 12.6 Å². The SMILES string of the molecule is O=c1c(Cl)c(Cl)cnn1-c1ccc(NCC(O)COc2ccc(F)c(F)c2)c(Cl)c1. The van der Waals surface area contributed by atoms with Gasteiger partial charge >= 0.3 is 0 Å². The summed E-state index contributed by atoms with van der Waals surface area (Å²) in [6.07, 6.45) is 0.280. The van der Waals surface area contributed by atoms with Gasteiger partial charge in [-0.2, -0.15) is 9.78 Å². The predicted octanol–water partition coefficient (Wildman–Crippen LogP) is 4.32. The first-order valence-electron chi connectivity index (χ1n) is 8.49. The lowest BCUT2D eigenvalue weighted by molar-refractivity contribution is 0.117. The van der Waals surface area contributed by atoms with Crippen LogP contribution in [0.2, 0.25) is 15.1 Å². The summed E-state index contributed by atoms with van der Waals surface area (Å²) in [4.78, 5) is 12.2. The summed E-state index contributed by atoms with van der Waals surface area (Å²) in [5.74, 6) is -1.93. The molecule has 0 saturated heterocycles. The minimum atomic E-state index is -1.04. The molecule has 0 aliphatic carbocycles. The molecule has 6 nitrogen and oxygen atoms in total. The summed E-state index contributed by atoms with van der Waals surface area (Å²) in [6, 6.07) is 7.75. The number of hydrogen-bond acceptors (Lipinski definition) is 5. The van der Waals surface area contributed by atoms with Crippen molar-refractivity contribution >= 4 is 40.5 Å². The van der Waals surface area contributed by atoms with Gasteiger partial charge in [-0.05, 0) is 30.3 Å². The number of ether oxygens (including phenoxy) is 1. The lowest BCUT2D eigenvalue weighted by Gasteiger charge is -2.15. The molecule has 0 spiro atoms. The van der Waals surface area contributed by atoms with E-state index in [4.69, 9.17) is 39.5 Å². The van der Waals surface area contributed by atoms with Crippen LogP contribution >= 0.6 is 34.8 Å². The number of nitrogens with zero attached hydrogens (tertiary/aromatic N) is 2. The number of halogens is 5. The molecular weight excluding hydrogens is 463 g/mol.